The zero-order valence-corrected chi connectivity index (χ0v) is 15.7. The SMILES string of the molecule is COc1ccc(-c2noc(CCCC(=O)NC[C@@H]3CCCO3)n2)cc1OC. The summed E-state index contributed by atoms with van der Waals surface area (Å²) >= 11 is 0. The molecule has 0 radical (unpaired) electrons. The van der Waals surface area contributed by atoms with Gasteiger partial charge in [0.25, 0.3) is 0 Å². The van der Waals surface area contributed by atoms with Gasteiger partial charge in [-0.1, -0.05) is 5.16 Å². The average molecular weight is 375 g/mol. The Morgan fingerprint density at radius 2 is 2.15 bits per heavy atom. The van der Waals surface area contributed by atoms with Crippen molar-refractivity contribution in [2.45, 2.75) is 38.2 Å². The number of carbonyl (C=O) groups excluding carboxylic acids is 1. The lowest BCUT2D eigenvalue weighted by Crippen LogP contribution is -2.31. The maximum Gasteiger partial charge on any atom is 0.226 e. The molecule has 0 unspecified atom stereocenters. The van der Waals surface area contributed by atoms with Crippen LogP contribution in [0.1, 0.15) is 31.6 Å². The standard InChI is InChI=1S/C19H25N3O5/c1-24-15-9-8-13(11-16(15)25-2)19-21-18(27-22-19)7-3-6-17(23)20-12-14-5-4-10-26-14/h8-9,11,14H,3-7,10,12H2,1-2H3,(H,20,23)/t14-/m0/s1. The Bertz CT molecular complexity index is 756. The van der Waals surface area contributed by atoms with Gasteiger partial charge in [0.2, 0.25) is 17.6 Å². The Morgan fingerprint density at radius 3 is 2.89 bits per heavy atom. The van der Waals surface area contributed by atoms with E-state index in [0.717, 1.165) is 25.0 Å². The van der Waals surface area contributed by atoms with E-state index in [1.54, 1.807) is 26.4 Å². The van der Waals surface area contributed by atoms with Gasteiger partial charge in [-0.2, -0.15) is 4.98 Å². The number of aromatic nitrogens is 2. The first-order valence-electron chi connectivity index (χ1n) is 9.13. The van der Waals surface area contributed by atoms with Crippen molar-refractivity contribution in [3.63, 3.8) is 0 Å². The predicted octanol–water partition coefficient (Wildman–Crippen LogP) is 2.37. The number of hydrogen-bond acceptors (Lipinski definition) is 7. The number of amides is 1. The van der Waals surface area contributed by atoms with Crippen LogP contribution in [0.3, 0.4) is 0 Å². The van der Waals surface area contributed by atoms with Gasteiger partial charge in [0.1, 0.15) is 0 Å². The molecule has 1 aliphatic rings. The van der Waals surface area contributed by atoms with Gasteiger partial charge in [-0.15, -0.1) is 0 Å². The van der Waals surface area contributed by atoms with Crippen molar-refractivity contribution < 1.29 is 23.5 Å². The highest BCUT2D eigenvalue weighted by molar-refractivity contribution is 5.75. The lowest BCUT2D eigenvalue weighted by molar-refractivity contribution is -0.121. The van der Waals surface area contributed by atoms with Crippen molar-refractivity contribution in [2.24, 2.45) is 0 Å². The molecule has 0 spiro atoms. The maximum absolute atomic E-state index is 11.9. The molecule has 146 valence electrons. The molecule has 1 aromatic carbocycles. The van der Waals surface area contributed by atoms with Gasteiger partial charge in [-0.3, -0.25) is 4.79 Å². The third-order valence-corrected chi connectivity index (χ3v) is 4.46. The average Bonchev–Trinajstić information content (AvgIpc) is 3.38. The number of methoxy groups -OCH3 is 2. The molecule has 1 fully saturated rings. The van der Waals surface area contributed by atoms with E-state index in [9.17, 15) is 4.79 Å². The molecule has 1 amide bonds. The van der Waals surface area contributed by atoms with E-state index < -0.39 is 0 Å². The number of hydrogen-bond donors (Lipinski definition) is 1. The second kappa shape index (κ2) is 9.36. The molecule has 1 N–H and O–H groups in total. The van der Waals surface area contributed by atoms with E-state index in [1.807, 2.05) is 6.07 Å². The van der Waals surface area contributed by atoms with Gasteiger partial charge in [0.05, 0.1) is 20.3 Å². The number of nitrogens with one attached hydrogen (secondary N) is 1. The van der Waals surface area contributed by atoms with Crippen LogP contribution in [0, 0.1) is 0 Å². The van der Waals surface area contributed by atoms with E-state index in [2.05, 4.69) is 15.5 Å². The van der Waals surface area contributed by atoms with Crippen molar-refractivity contribution in [3.8, 4) is 22.9 Å². The van der Waals surface area contributed by atoms with Crippen LogP contribution in [0.5, 0.6) is 11.5 Å². The first-order chi connectivity index (χ1) is 13.2. The lowest BCUT2D eigenvalue weighted by Gasteiger charge is -2.10. The molecule has 2 heterocycles. The van der Waals surface area contributed by atoms with E-state index in [0.29, 0.717) is 49.0 Å². The summed E-state index contributed by atoms with van der Waals surface area (Å²) in [5.74, 6) is 2.24. The van der Waals surface area contributed by atoms with Crippen molar-refractivity contribution in [1.29, 1.82) is 0 Å². The van der Waals surface area contributed by atoms with Crippen LogP contribution in [-0.4, -0.2) is 49.5 Å². The normalized spacial score (nSPS) is 16.3. The van der Waals surface area contributed by atoms with Gasteiger partial charge in [-0.25, -0.2) is 0 Å². The zero-order chi connectivity index (χ0) is 19.1. The van der Waals surface area contributed by atoms with Gasteiger partial charge in [0, 0.05) is 31.6 Å². The smallest absolute Gasteiger partial charge is 0.226 e. The van der Waals surface area contributed by atoms with Crippen LogP contribution in [-0.2, 0) is 16.0 Å². The largest absolute Gasteiger partial charge is 0.493 e. The summed E-state index contributed by atoms with van der Waals surface area (Å²) in [5.41, 5.74) is 0.775. The number of rotatable bonds is 9. The number of nitrogens with zero attached hydrogens (tertiary/aromatic N) is 2. The first-order valence-corrected chi connectivity index (χ1v) is 9.13. The summed E-state index contributed by atoms with van der Waals surface area (Å²) in [7, 11) is 3.16. The summed E-state index contributed by atoms with van der Waals surface area (Å²) < 4.78 is 21.3. The Kier molecular flexibility index (Phi) is 6.64. The predicted molar refractivity (Wildman–Crippen MR) is 97.8 cm³/mol. The fourth-order valence-electron chi connectivity index (χ4n) is 2.97. The summed E-state index contributed by atoms with van der Waals surface area (Å²) in [6.45, 7) is 1.38. The number of carbonyl (C=O) groups is 1. The second-order valence-electron chi connectivity index (χ2n) is 6.37. The highest BCUT2D eigenvalue weighted by Crippen LogP contribution is 2.31. The fraction of sp³-hybridized carbons (Fsp3) is 0.526. The van der Waals surface area contributed by atoms with Gasteiger partial charge in [0.15, 0.2) is 11.5 Å². The molecule has 8 heteroatoms. The summed E-state index contributed by atoms with van der Waals surface area (Å²) in [4.78, 5) is 16.3. The third-order valence-electron chi connectivity index (χ3n) is 4.46. The van der Waals surface area contributed by atoms with E-state index in [1.165, 1.54) is 0 Å². The molecule has 1 atom stereocenters. The van der Waals surface area contributed by atoms with Crippen LogP contribution < -0.4 is 14.8 Å². The van der Waals surface area contributed by atoms with E-state index in [-0.39, 0.29) is 12.0 Å². The molecular formula is C19H25N3O5. The van der Waals surface area contributed by atoms with Crippen molar-refractivity contribution in [2.75, 3.05) is 27.4 Å². The molecule has 2 aromatic rings. The first kappa shape index (κ1) is 19.2. The number of aryl methyl sites for hydroxylation is 1. The van der Waals surface area contributed by atoms with Crippen LogP contribution >= 0.6 is 0 Å². The molecule has 0 bridgehead atoms. The summed E-state index contributed by atoms with van der Waals surface area (Å²) in [5, 5.41) is 6.91. The molecule has 27 heavy (non-hydrogen) atoms. The third kappa shape index (κ3) is 5.19. The quantitative estimate of drug-likeness (QED) is 0.719. The lowest BCUT2D eigenvalue weighted by atomic mass is 10.2. The topological polar surface area (TPSA) is 95.7 Å². The van der Waals surface area contributed by atoms with Crippen LogP contribution in [0.2, 0.25) is 0 Å². The minimum absolute atomic E-state index is 0.0186. The van der Waals surface area contributed by atoms with Crippen molar-refractivity contribution >= 4 is 5.91 Å². The van der Waals surface area contributed by atoms with Crippen molar-refractivity contribution in [1.82, 2.24) is 15.5 Å². The molecule has 1 aliphatic heterocycles. The summed E-state index contributed by atoms with van der Waals surface area (Å²) in [6, 6.07) is 5.43. The Hall–Kier alpha value is -2.61. The van der Waals surface area contributed by atoms with E-state index in [4.69, 9.17) is 18.7 Å². The molecular weight excluding hydrogens is 350 g/mol. The minimum atomic E-state index is 0.0186. The molecule has 0 aliphatic carbocycles. The zero-order valence-electron chi connectivity index (χ0n) is 15.7. The second-order valence-corrected chi connectivity index (χ2v) is 6.37. The molecule has 3 rings (SSSR count). The van der Waals surface area contributed by atoms with Crippen LogP contribution in [0.15, 0.2) is 22.7 Å². The Balaban J connectivity index is 1.47. The highest BCUT2D eigenvalue weighted by Gasteiger charge is 2.16. The van der Waals surface area contributed by atoms with Crippen molar-refractivity contribution in [3.05, 3.63) is 24.1 Å². The maximum atomic E-state index is 11.9. The van der Waals surface area contributed by atoms with Crippen LogP contribution in [0.25, 0.3) is 11.4 Å². The van der Waals surface area contributed by atoms with Gasteiger partial charge in [-0.05, 0) is 37.5 Å². The van der Waals surface area contributed by atoms with E-state index >= 15 is 0 Å². The minimum Gasteiger partial charge on any atom is -0.493 e. The molecule has 0 saturated carbocycles. The molecule has 1 saturated heterocycles. The van der Waals surface area contributed by atoms with Gasteiger partial charge < -0.3 is 24.1 Å². The Morgan fingerprint density at radius 1 is 1.30 bits per heavy atom. The number of ether oxygens (including phenoxy) is 3. The Labute approximate surface area is 158 Å². The summed E-state index contributed by atoms with van der Waals surface area (Å²) in [6.07, 6.45) is 3.86. The number of benzene rings is 1. The molecule has 1 aromatic heterocycles. The monoisotopic (exact) mass is 375 g/mol. The van der Waals surface area contributed by atoms with Crippen LogP contribution in [0.4, 0.5) is 0 Å². The van der Waals surface area contributed by atoms with Gasteiger partial charge >= 0.3 is 0 Å². The highest BCUT2D eigenvalue weighted by atomic mass is 16.5. The molecule has 8 nitrogen and oxygen atoms in total. The fourth-order valence-corrected chi connectivity index (χ4v) is 2.97.